The molecule has 3 aromatic carbocycles. The molecule has 1 N–H and O–H groups in total. The van der Waals surface area contributed by atoms with Gasteiger partial charge in [-0.05, 0) is 29.3 Å². The molecule has 0 saturated carbocycles. The summed E-state index contributed by atoms with van der Waals surface area (Å²) in [5, 5.41) is 12.2. The Morgan fingerprint density at radius 2 is 1.50 bits per heavy atom. The van der Waals surface area contributed by atoms with E-state index in [1.165, 1.54) is 17.3 Å². The van der Waals surface area contributed by atoms with Crippen LogP contribution in [0, 0.1) is 0 Å². The summed E-state index contributed by atoms with van der Waals surface area (Å²) in [5.41, 5.74) is 5.09. The van der Waals surface area contributed by atoms with Crippen LogP contribution in [0.5, 0.6) is 5.75 Å². The van der Waals surface area contributed by atoms with Crippen molar-refractivity contribution in [2.75, 3.05) is 12.9 Å². The van der Waals surface area contributed by atoms with Crippen molar-refractivity contribution in [3.63, 3.8) is 0 Å². The second-order valence-corrected chi connectivity index (χ2v) is 8.07. The van der Waals surface area contributed by atoms with Crippen molar-refractivity contribution in [2.45, 2.75) is 11.6 Å². The first-order chi connectivity index (χ1) is 15.7. The Hall–Kier alpha value is -3.64. The molecule has 5 nitrogen and oxygen atoms in total. The normalized spacial score (nSPS) is 10.5. The fraction of sp³-hybridized carbons (Fsp3) is 0.115. The number of hydrogen-bond donors (Lipinski definition) is 1. The van der Waals surface area contributed by atoms with Gasteiger partial charge in [-0.25, -0.2) is 0 Å². The van der Waals surface area contributed by atoms with E-state index in [-0.39, 0.29) is 11.7 Å². The van der Waals surface area contributed by atoms with Crippen LogP contribution in [0.2, 0.25) is 0 Å². The molecule has 0 saturated heterocycles. The predicted molar refractivity (Wildman–Crippen MR) is 128 cm³/mol. The number of ether oxygens (including phenoxy) is 1. The Morgan fingerprint density at radius 1 is 0.812 bits per heavy atom. The molecule has 0 unspecified atom stereocenters. The number of carbonyl (C=O) groups excluding carboxylic acids is 1. The van der Waals surface area contributed by atoms with Crippen LogP contribution < -0.4 is 10.1 Å². The first kappa shape index (κ1) is 21.6. The summed E-state index contributed by atoms with van der Waals surface area (Å²) in [5.74, 6) is 0.969. The number of nitrogens with one attached hydrogen (secondary N) is 1. The zero-order chi connectivity index (χ0) is 22.2. The highest BCUT2D eigenvalue weighted by Crippen LogP contribution is 2.24. The van der Waals surface area contributed by atoms with Gasteiger partial charge in [-0.2, -0.15) is 0 Å². The van der Waals surface area contributed by atoms with Crippen molar-refractivity contribution in [2.24, 2.45) is 0 Å². The Morgan fingerprint density at radius 3 is 2.22 bits per heavy atom. The third kappa shape index (κ3) is 5.53. The number of amides is 1. The van der Waals surface area contributed by atoms with Gasteiger partial charge in [-0.1, -0.05) is 84.6 Å². The van der Waals surface area contributed by atoms with E-state index in [1.54, 1.807) is 7.11 Å². The third-order valence-electron chi connectivity index (χ3n) is 4.95. The molecule has 1 aromatic heterocycles. The highest BCUT2D eigenvalue weighted by atomic mass is 32.2. The maximum atomic E-state index is 12.2. The molecule has 1 heterocycles. The molecule has 0 fully saturated rings. The van der Waals surface area contributed by atoms with Crippen molar-refractivity contribution >= 4 is 17.7 Å². The molecule has 0 spiro atoms. The van der Waals surface area contributed by atoms with Crippen LogP contribution in [0.15, 0.2) is 96.0 Å². The molecule has 1 amide bonds. The Balaban J connectivity index is 1.30. The van der Waals surface area contributed by atoms with E-state index in [9.17, 15) is 4.79 Å². The Kier molecular flexibility index (Phi) is 7.15. The number of aromatic nitrogens is 2. The highest BCUT2D eigenvalue weighted by Gasteiger charge is 2.08. The van der Waals surface area contributed by atoms with E-state index < -0.39 is 0 Å². The lowest BCUT2D eigenvalue weighted by molar-refractivity contribution is -0.118. The average molecular weight is 442 g/mol. The number of methoxy groups -OCH3 is 1. The van der Waals surface area contributed by atoms with E-state index in [4.69, 9.17) is 4.74 Å². The summed E-state index contributed by atoms with van der Waals surface area (Å²) in [7, 11) is 1.62. The van der Waals surface area contributed by atoms with Crippen molar-refractivity contribution in [1.82, 2.24) is 15.5 Å². The fourth-order valence-electron chi connectivity index (χ4n) is 3.25. The lowest BCUT2D eigenvalue weighted by Gasteiger charge is -2.09. The molecule has 160 valence electrons. The van der Waals surface area contributed by atoms with Gasteiger partial charge in [-0.3, -0.25) is 4.79 Å². The van der Waals surface area contributed by atoms with Crippen LogP contribution in [0.4, 0.5) is 0 Å². The van der Waals surface area contributed by atoms with Gasteiger partial charge in [-0.15, -0.1) is 10.2 Å². The molecule has 0 aliphatic carbocycles. The topological polar surface area (TPSA) is 64.1 Å². The molecular weight excluding hydrogens is 418 g/mol. The standard InChI is InChI=1S/C26H23N3O2S/c1-31-24-10-6-5-9-22(24)17-27-25(30)18-32-26-16-15-23(28-29-26)21-13-11-20(12-14-21)19-7-3-2-4-8-19/h2-16H,17-18H2,1H3,(H,27,30). The third-order valence-corrected chi connectivity index (χ3v) is 5.87. The number of para-hydroxylation sites is 1. The molecule has 0 aliphatic rings. The molecule has 0 radical (unpaired) electrons. The number of carbonyl (C=O) groups is 1. The minimum atomic E-state index is -0.0664. The van der Waals surface area contributed by atoms with Crippen LogP contribution >= 0.6 is 11.8 Å². The average Bonchev–Trinajstić information content (AvgIpc) is 2.87. The molecule has 0 aliphatic heterocycles. The van der Waals surface area contributed by atoms with Gasteiger partial charge in [0.15, 0.2) is 0 Å². The maximum absolute atomic E-state index is 12.2. The highest BCUT2D eigenvalue weighted by molar-refractivity contribution is 7.99. The van der Waals surface area contributed by atoms with Gasteiger partial charge < -0.3 is 10.1 Å². The molecule has 6 heteroatoms. The van der Waals surface area contributed by atoms with Crippen LogP contribution in [0.1, 0.15) is 5.56 Å². The smallest absolute Gasteiger partial charge is 0.230 e. The summed E-state index contributed by atoms with van der Waals surface area (Å²) >= 11 is 1.36. The van der Waals surface area contributed by atoms with Gasteiger partial charge in [0.25, 0.3) is 0 Å². The predicted octanol–water partition coefficient (Wildman–Crippen LogP) is 5.23. The quantitative estimate of drug-likeness (QED) is 0.380. The van der Waals surface area contributed by atoms with Gasteiger partial charge >= 0.3 is 0 Å². The Labute approximate surface area is 191 Å². The number of benzene rings is 3. The number of nitrogens with zero attached hydrogens (tertiary/aromatic N) is 2. The van der Waals surface area contributed by atoms with Crippen LogP contribution in [0.25, 0.3) is 22.4 Å². The number of thioether (sulfide) groups is 1. The summed E-state index contributed by atoms with van der Waals surface area (Å²) < 4.78 is 5.31. The van der Waals surface area contributed by atoms with Crippen molar-refractivity contribution in [1.29, 1.82) is 0 Å². The Bertz CT molecular complexity index is 1160. The zero-order valence-corrected chi connectivity index (χ0v) is 18.5. The summed E-state index contributed by atoms with van der Waals surface area (Å²) in [6, 6.07) is 30.0. The maximum Gasteiger partial charge on any atom is 0.230 e. The molecule has 4 rings (SSSR count). The van der Waals surface area contributed by atoms with E-state index in [1.807, 2.05) is 66.7 Å². The van der Waals surface area contributed by atoms with E-state index >= 15 is 0 Å². The number of rotatable bonds is 8. The van der Waals surface area contributed by atoms with E-state index in [2.05, 4.69) is 39.8 Å². The lowest BCUT2D eigenvalue weighted by atomic mass is 10.0. The van der Waals surface area contributed by atoms with Gasteiger partial charge in [0.05, 0.1) is 18.6 Å². The van der Waals surface area contributed by atoms with Crippen LogP contribution in [-0.4, -0.2) is 29.0 Å². The van der Waals surface area contributed by atoms with Crippen molar-refractivity contribution < 1.29 is 9.53 Å². The lowest BCUT2D eigenvalue weighted by Crippen LogP contribution is -2.24. The van der Waals surface area contributed by atoms with Gasteiger partial charge in [0.2, 0.25) is 5.91 Å². The second kappa shape index (κ2) is 10.6. The van der Waals surface area contributed by atoms with Crippen molar-refractivity contribution in [3.05, 3.63) is 96.6 Å². The molecule has 4 aromatic rings. The minimum absolute atomic E-state index is 0.0664. The summed E-state index contributed by atoms with van der Waals surface area (Å²) in [6.45, 7) is 0.424. The molecular formula is C26H23N3O2S. The van der Waals surface area contributed by atoms with E-state index in [0.29, 0.717) is 11.6 Å². The number of hydrogen-bond acceptors (Lipinski definition) is 5. The monoisotopic (exact) mass is 441 g/mol. The van der Waals surface area contributed by atoms with Crippen molar-refractivity contribution in [3.8, 4) is 28.1 Å². The van der Waals surface area contributed by atoms with Crippen LogP contribution in [0.3, 0.4) is 0 Å². The molecule has 32 heavy (non-hydrogen) atoms. The van der Waals surface area contributed by atoms with Crippen LogP contribution in [-0.2, 0) is 11.3 Å². The van der Waals surface area contributed by atoms with Gasteiger partial charge in [0.1, 0.15) is 10.8 Å². The summed E-state index contributed by atoms with van der Waals surface area (Å²) in [6.07, 6.45) is 0. The largest absolute Gasteiger partial charge is 0.496 e. The second-order valence-electron chi connectivity index (χ2n) is 7.08. The van der Waals surface area contributed by atoms with E-state index in [0.717, 1.165) is 28.1 Å². The summed E-state index contributed by atoms with van der Waals surface area (Å²) in [4.78, 5) is 12.2. The van der Waals surface area contributed by atoms with Gasteiger partial charge in [0, 0.05) is 17.7 Å². The molecule has 0 bridgehead atoms. The minimum Gasteiger partial charge on any atom is -0.496 e. The first-order valence-electron chi connectivity index (χ1n) is 10.2. The molecule has 0 atom stereocenters. The fourth-order valence-corrected chi connectivity index (χ4v) is 3.89. The SMILES string of the molecule is COc1ccccc1CNC(=O)CSc1ccc(-c2ccc(-c3ccccc3)cc2)nn1. The first-order valence-corrected chi connectivity index (χ1v) is 11.2. The zero-order valence-electron chi connectivity index (χ0n) is 17.7.